The Balaban J connectivity index is 2.09. The minimum absolute atomic E-state index is 0.0552. The molecule has 5 heteroatoms. The number of hydrogen-bond donors (Lipinski definition) is 1. The monoisotopic (exact) mass is 367 g/mol. The van der Waals surface area contributed by atoms with E-state index in [2.05, 4.69) is 0 Å². The third kappa shape index (κ3) is 3.32. The molecule has 0 fully saturated rings. The largest absolute Gasteiger partial charge is 0.396 e. The average molecular weight is 367 g/mol. The maximum absolute atomic E-state index is 13.1. The van der Waals surface area contributed by atoms with Crippen molar-refractivity contribution in [2.75, 3.05) is 17.3 Å². The van der Waals surface area contributed by atoms with Crippen molar-refractivity contribution in [3.05, 3.63) is 69.6 Å². The van der Waals surface area contributed by atoms with Crippen molar-refractivity contribution in [3.63, 3.8) is 0 Å². The molecule has 0 bridgehead atoms. The van der Waals surface area contributed by atoms with Crippen LogP contribution >= 0.6 is 11.8 Å². The molecule has 134 valence electrons. The Morgan fingerprint density at radius 2 is 1.62 bits per heavy atom. The minimum Gasteiger partial charge on any atom is -0.396 e. The molecular weight excluding hydrogens is 346 g/mol. The minimum atomic E-state index is -0.328. The van der Waals surface area contributed by atoms with E-state index in [1.165, 1.54) is 16.7 Å². The van der Waals surface area contributed by atoms with E-state index in [0.717, 1.165) is 22.3 Å². The van der Waals surface area contributed by atoms with Gasteiger partial charge < -0.3 is 5.11 Å². The van der Waals surface area contributed by atoms with Crippen LogP contribution in [0.5, 0.6) is 0 Å². The van der Waals surface area contributed by atoms with E-state index in [9.17, 15) is 14.7 Å². The maximum atomic E-state index is 13.1. The second kappa shape index (κ2) is 7.48. The number of hydrogen-bond acceptors (Lipinski definition) is 4. The average Bonchev–Trinajstić information content (AvgIpc) is 2.86. The van der Waals surface area contributed by atoms with Gasteiger partial charge in [-0.1, -0.05) is 35.9 Å². The summed E-state index contributed by atoms with van der Waals surface area (Å²) >= 11 is 1.23. The first kappa shape index (κ1) is 18.4. The Morgan fingerprint density at radius 1 is 0.923 bits per heavy atom. The van der Waals surface area contributed by atoms with Gasteiger partial charge in [0.05, 0.1) is 22.8 Å². The molecular formula is C21H21NO3S. The molecule has 0 aliphatic carbocycles. The van der Waals surface area contributed by atoms with E-state index in [4.69, 9.17) is 0 Å². The van der Waals surface area contributed by atoms with Crippen LogP contribution in [0, 0.1) is 20.8 Å². The zero-order valence-electron chi connectivity index (χ0n) is 15.1. The summed E-state index contributed by atoms with van der Waals surface area (Å²) in [6.07, 6.45) is 0. The van der Waals surface area contributed by atoms with E-state index in [1.54, 1.807) is 12.1 Å². The number of benzene rings is 2. The van der Waals surface area contributed by atoms with E-state index in [-0.39, 0.29) is 18.4 Å². The number of aliphatic hydroxyl groups excluding tert-OH is 1. The first-order valence-corrected chi connectivity index (χ1v) is 9.43. The van der Waals surface area contributed by atoms with Crippen molar-refractivity contribution in [2.45, 2.75) is 20.8 Å². The number of rotatable bonds is 5. The smallest absolute Gasteiger partial charge is 0.272 e. The van der Waals surface area contributed by atoms with Crippen LogP contribution in [-0.4, -0.2) is 29.3 Å². The summed E-state index contributed by atoms with van der Waals surface area (Å²) < 4.78 is 0. The molecule has 3 rings (SSSR count). The van der Waals surface area contributed by atoms with Gasteiger partial charge in [-0.2, -0.15) is 0 Å². The predicted octanol–water partition coefficient (Wildman–Crippen LogP) is 3.62. The molecule has 0 radical (unpaired) electrons. The van der Waals surface area contributed by atoms with Crippen molar-refractivity contribution < 1.29 is 14.7 Å². The lowest BCUT2D eigenvalue weighted by Gasteiger charge is -2.15. The van der Waals surface area contributed by atoms with Crippen LogP contribution in [-0.2, 0) is 9.59 Å². The van der Waals surface area contributed by atoms with Crippen LogP contribution < -0.4 is 4.90 Å². The number of imide groups is 1. The van der Waals surface area contributed by atoms with Crippen molar-refractivity contribution in [1.82, 2.24) is 0 Å². The zero-order chi connectivity index (χ0) is 18.8. The summed E-state index contributed by atoms with van der Waals surface area (Å²) in [5.41, 5.74) is 4.97. The van der Waals surface area contributed by atoms with Crippen LogP contribution in [0.4, 0.5) is 5.69 Å². The van der Waals surface area contributed by atoms with Gasteiger partial charge >= 0.3 is 0 Å². The van der Waals surface area contributed by atoms with Gasteiger partial charge in [0.1, 0.15) is 0 Å². The molecule has 2 aromatic carbocycles. The lowest BCUT2D eigenvalue weighted by molar-refractivity contribution is -0.119. The molecule has 2 aromatic rings. The Morgan fingerprint density at radius 3 is 2.23 bits per heavy atom. The number of aryl methyl sites for hydroxylation is 3. The Kier molecular flexibility index (Phi) is 5.30. The first-order chi connectivity index (χ1) is 12.4. The molecule has 0 saturated heterocycles. The summed E-state index contributed by atoms with van der Waals surface area (Å²) in [7, 11) is 0. The van der Waals surface area contributed by atoms with Crippen molar-refractivity contribution in [1.29, 1.82) is 0 Å². The zero-order valence-corrected chi connectivity index (χ0v) is 15.9. The second-order valence-electron chi connectivity index (χ2n) is 6.36. The van der Waals surface area contributed by atoms with Crippen molar-refractivity contribution in [2.24, 2.45) is 0 Å². The van der Waals surface area contributed by atoms with Crippen molar-refractivity contribution in [3.8, 4) is 0 Å². The molecule has 1 aliphatic heterocycles. The van der Waals surface area contributed by atoms with Gasteiger partial charge in [0, 0.05) is 5.75 Å². The second-order valence-corrected chi connectivity index (χ2v) is 7.46. The number of amides is 2. The molecule has 0 unspecified atom stereocenters. The first-order valence-electron chi connectivity index (χ1n) is 8.45. The normalized spacial score (nSPS) is 14.5. The van der Waals surface area contributed by atoms with Crippen LogP contribution in [0.25, 0.3) is 5.57 Å². The number of carbonyl (C=O) groups is 2. The third-order valence-electron chi connectivity index (χ3n) is 4.47. The maximum Gasteiger partial charge on any atom is 0.272 e. The Bertz CT molecular complexity index is 900. The molecule has 0 saturated carbocycles. The third-order valence-corrected chi connectivity index (χ3v) is 5.52. The van der Waals surface area contributed by atoms with Gasteiger partial charge in [-0.05, 0) is 49.6 Å². The molecule has 2 amide bonds. The molecule has 0 atom stereocenters. The SMILES string of the molecule is Cc1ccc(N2C(=O)C(SCCO)=C(c3ccc(C)c(C)c3)C2=O)cc1. The molecule has 0 aromatic heterocycles. The van der Waals surface area contributed by atoms with Crippen LogP contribution in [0.3, 0.4) is 0 Å². The van der Waals surface area contributed by atoms with Crippen LogP contribution in [0.1, 0.15) is 22.3 Å². The highest BCUT2D eigenvalue weighted by atomic mass is 32.2. The summed E-state index contributed by atoms with van der Waals surface area (Å²) in [5, 5.41) is 9.18. The number of aliphatic hydroxyl groups is 1. The van der Waals surface area contributed by atoms with E-state index < -0.39 is 0 Å². The molecule has 0 spiro atoms. The van der Waals surface area contributed by atoms with Gasteiger partial charge in [-0.15, -0.1) is 11.8 Å². The Hall–Kier alpha value is -2.37. The number of thioether (sulfide) groups is 1. The molecule has 1 heterocycles. The van der Waals surface area contributed by atoms with Gasteiger partial charge in [0.2, 0.25) is 0 Å². The number of nitrogens with zero attached hydrogens (tertiary/aromatic N) is 1. The lowest BCUT2D eigenvalue weighted by atomic mass is 10.0. The summed E-state index contributed by atoms with van der Waals surface area (Å²) in [5.74, 6) is -0.280. The standard InChI is InChI=1S/C21H21NO3S/c1-13-4-8-17(9-5-13)22-20(24)18(19(21(22)25)26-11-10-23)16-7-6-14(2)15(3)12-16/h4-9,12,23H,10-11H2,1-3H3. The van der Waals surface area contributed by atoms with Crippen LogP contribution in [0.15, 0.2) is 47.4 Å². The Labute approximate surface area is 157 Å². The fraction of sp³-hybridized carbons (Fsp3) is 0.238. The van der Waals surface area contributed by atoms with Gasteiger partial charge in [-0.25, -0.2) is 4.90 Å². The van der Waals surface area contributed by atoms with Crippen LogP contribution in [0.2, 0.25) is 0 Å². The fourth-order valence-electron chi connectivity index (χ4n) is 2.87. The fourth-order valence-corrected chi connectivity index (χ4v) is 3.73. The van der Waals surface area contributed by atoms with Gasteiger partial charge in [0.25, 0.3) is 11.8 Å². The molecule has 1 N–H and O–H groups in total. The predicted molar refractivity (Wildman–Crippen MR) is 106 cm³/mol. The molecule has 1 aliphatic rings. The molecule has 26 heavy (non-hydrogen) atoms. The highest BCUT2D eigenvalue weighted by Gasteiger charge is 2.40. The van der Waals surface area contributed by atoms with E-state index >= 15 is 0 Å². The quantitative estimate of drug-likeness (QED) is 0.820. The molecule has 4 nitrogen and oxygen atoms in total. The number of anilines is 1. The van der Waals surface area contributed by atoms with Gasteiger partial charge in [-0.3, -0.25) is 9.59 Å². The summed E-state index contributed by atoms with van der Waals surface area (Å²) in [6, 6.07) is 13.1. The topological polar surface area (TPSA) is 57.6 Å². The lowest BCUT2D eigenvalue weighted by Crippen LogP contribution is -2.31. The van der Waals surface area contributed by atoms with Gasteiger partial charge in [0.15, 0.2) is 0 Å². The summed E-state index contributed by atoms with van der Waals surface area (Å²) in [4.78, 5) is 27.8. The van der Waals surface area contributed by atoms with Crippen molar-refractivity contribution >= 4 is 34.8 Å². The number of carbonyl (C=O) groups excluding carboxylic acids is 2. The highest BCUT2D eigenvalue weighted by Crippen LogP contribution is 2.38. The van der Waals surface area contributed by atoms with E-state index in [0.29, 0.717) is 21.9 Å². The highest BCUT2D eigenvalue weighted by molar-refractivity contribution is 8.04. The summed E-state index contributed by atoms with van der Waals surface area (Å²) in [6.45, 7) is 5.90. The van der Waals surface area contributed by atoms with E-state index in [1.807, 2.05) is 51.1 Å².